The van der Waals surface area contributed by atoms with Gasteiger partial charge in [-0.2, -0.15) is 23.5 Å². The molecule has 0 bridgehead atoms. The van der Waals surface area contributed by atoms with Crippen LogP contribution < -0.4 is 5.32 Å². The minimum absolute atomic E-state index is 0.0480. The number of carbonyl (C=O) groups excluding carboxylic acids is 1. The Kier molecular flexibility index (Phi) is 5.06. The fraction of sp³-hybridized carbons (Fsp3) is 0.500. The summed E-state index contributed by atoms with van der Waals surface area (Å²) in [7, 11) is 0. The van der Waals surface area contributed by atoms with Gasteiger partial charge in [-0.05, 0) is 28.1 Å². The average Bonchev–Trinajstić information content (AvgIpc) is 2.74. The number of thioether (sulfide) groups is 2. The van der Waals surface area contributed by atoms with Crippen LogP contribution in [0.2, 0.25) is 0 Å². The maximum atomic E-state index is 11.8. The third-order valence-electron chi connectivity index (χ3n) is 2.17. The molecule has 16 heavy (non-hydrogen) atoms. The Morgan fingerprint density at radius 2 is 2.38 bits per heavy atom. The molecule has 1 saturated heterocycles. The molecule has 1 atom stereocenters. The predicted molar refractivity (Wildman–Crippen MR) is 77.9 cm³/mol. The lowest BCUT2D eigenvalue weighted by Crippen LogP contribution is -2.33. The molecule has 1 aliphatic rings. The molecule has 2 rings (SSSR count). The van der Waals surface area contributed by atoms with Gasteiger partial charge in [0.2, 0.25) is 0 Å². The zero-order valence-corrected chi connectivity index (χ0v) is 12.6. The third-order valence-corrected chi connectivity index (χ3v) is 6.64. The molecule has 0 saturated carbocycles. The first kappa shape index (κ1) is 12.8. The molecule has 1 unspecified atom stereocenters. The van der Waals surface area contributed by atoms with Crippen LogP contribution in [0.4, 0.5) is 0 Å². The summed E-state index contributed by atoms with van der Waals surface area (Å²) in [4.78, 5) is 12.5. The van der Waals surface area contributed by atoms with E-state index in [1.165, 1.54) is 22.8 Å². The monoisotopic (exact) mass is 337 g/mol. The highest BCUT2D eigenvalue weighted by atomic mass is 79.9. The molecule has 1 aromatic rings. The smallest absolute Gasteiger partial charge is 0.261 e. The van der Waals surface area contributed by atoms with Crippen molar-refractivity contribution in [2.75, 3.05) is 23.8 Å². The SMILES string of the molecule is O=C(NCC1CSCCS1)c1ccc(Br)s1. The van der Waals surface area contributed by atoms with E-state index < -0.39 is 0 Å². The lowest BCUT2D eigenvalue weighted by molar-refractivity contribution is 0.0958. The van der Waals surface area contributed by atoms with Gasteiger partial charge < -0.3 is 5.32 Å². The van der Waals surface area contributed by atoms with Gasteiger partial charge in [0.15, 0.2) is 0 Å². The van der Waals surface area contributed by atoms with Crippen LogP contribution in [0.1, 0.15) is 9.67 Å². The summed E-state index contributed by atoms with van der Waals surface area (Å²) in [5, 5.41) is 3.57. The van der Waals surface area contributed by atoms with Crippen molar-refractivity contribution in [3.8, 4) is 0 Å². The molecule has 6 heteroatoms. The number of hydrogen-bond acceptors (Lipinski definition) is 4. The van der Waals surface area contributed by atoms with E-state index in [0.29, 0.717) is 5.25 Å². The number of halogens is 1. The van der Waals surface area contributed by atoms with Crippen LogP contribution in [-0.4, -0.2) is 35.0 Å². The van der Waals surface area contributed by atoms with Gasteiger partial charge in [0.25, 0.3) is 5.91 Å². The quantitative estimate of drug-likeness (QED) is 0.918. The van der Waals surface area contributed by atoms with Crippen molar-refractivity contribution in [2.45, 2.75) is 5.25 Å². The van der Waals surface area contributed by atoms with Crippen molar-refractivity contribution in [1.82, 2.24) is 5.32 Å². The highest BCUT2D eigenvalue weighted by Gasteiger charge is 2.16. The van der Waals surface area contributed by atoms with Crippen molar-refractivity contribution < 1.29 is 4.79 Å². The van der Waals surface area contributed by atoms with Crippen molar-refractivity contribution in [3.63, 3.8) is 0 Å². The molecule has 88 valence electrons. The van der Waals surface area contributed by atoms with Crippen molar-refractivity contribution in [2.24, 2.45) is 0 Å². The second kappa shape index (κ2) is 6.33. The summed E-state index contributed by atoms with van der Waals surface area (Å²) in [5.74, 6) is 3.65. The Morgan fingerprint density at radius 3 is 3.00 bits per heavy atom. The molecule has 1 N–H and O–H groups in total. The predicted octanol–water partition coefficient (Wildman–Crippen LogP) is 3.09. The van der Waals surface area contributed by atoms with Crippen molar-refractivity contribution >= 4 is 56.7 Å². The van der Waals surface area contributed by atoms with Gasteiger partial charge in [0, 0.05) is 29.1 Å². The number of hydrogen-bond donors (Lipinski definition) is 1. The summed E-state index contributed by atoms with van der Waals surface area (Å²) in [6.45, 7) is 0.784. The normalized spacial score (nSPS) is 20.7. The Hall–Kier alpha value is 0.350. The first-order chi connectivity index (χ1) is 7.75. The summed E-state index contributed by atoms with van der Waals surface area (Å²) in [5.41, 5.74) is 0. The molecule has 2 nitrogen and oxygen atoms in total. The first-order valence-electron chi connectivity index (χ1n) is 4.98. The van der Waals surface area contributed by atoms with E-state index in [2.05, 4.69) is 21.2 Å². The molecule has 1 amide bonds. The van der Waals surface area contributed by atoms with Gasteiger partial charge in [-0.3, -0.25) is 4.79 Å². The largest absolute Gasteiger partial charge is 0.350 e. The van der Waals surface area contributed by atoms with Crippen LogP contribution in [0.5, 0.6) is 0 Å². The second-order valence-corrected chi connectivity index (χ2v) is 8.40. The molecular formula is C10H12BrNOS3. The highest BCUT2D eigenvalue weighted by molar-refractivity contribution is 9.11. The van der Waals surface area contributed by atoms with Gasteiger partial charge in [0.1, 0.15) is 0 Å². The van der Waals surface area contributed by atoms with Crippen LogP contribution in [0.3, 0.4) is 0 Å². The molecule has 1 aliphatic heterocycles. The molecule has 1 fully saturated rings. The Bertz CT molecular complexity index is 363. The fourth-order valence-corrected chi connectivity index (χ4v) is 5.30. The van der Waals surface area contributed by atoms with Crippen LogP contribution in [0, 0.1) is 0 Å². The van der Waals surface area contributed by atoms with Crippen LogP contribution in [0.15, 0.2) is 15.9 Å². The Balaban J connectivity index is 1.79. The topological polar surface area (TPSA) is 29.1 Å². The van der Waals surface area contributed by atoms with Crippen molar-refractivity contribution in [3.05, 3.63) is 20.8 Å². The van der Waals surface area contributed by atoms with Gasteiger partial charge in [-0.1, -0.05) is 0 Å². The van der Waals surface area contributed by atoms with Crippen LogP contribution in [0.25, 0.3) is 0 Å². The maximum Gasteiger partial charge on any atom is 0.261 e. The van der Waals surface area contributed by atoms with Gasteiger partial charge in [-0.15, -0.1) is 11.3 Å². The summed E-state index contributed by atoms with van der Waals surface area (Å²) >= 11 is 8.78. The maximum absolute atomic E-state index is 11.8. The Labute approximate surface area is 116 Å². The van der Waals surface area contributed by atoms with Crippen LogP contribution in [-0.2, 0) is 0 Å². The van der Waals surface area contributed by atoms with E-state index in [-0.39, 0.29) is 5.91 Å². The summed E-state index contributed by atoms with van der Waals surface area (Å²) < 4.78 is 1.00. The lowest BCUT2D eigenvalue weighted by Gasteiger charge is -2.20. The van der Waals surface area contributed by atoms with Crippen LogP contribution >= 0.6 is 50.8 Å². The van der Waals surface area contributed by atoms with Crippen molar-refractivity contribution in [1.29, 1.82) is 0 Å². The average molecular weight is 338 g/mol. The number of rotatable bonds is 3. The van der Waals surface area contributed by atoms with E-state index >= 15 is 0 Å². The van der Waals surface area contributed by atoms with E-state index in [9.17, 15) is 4.79 Å². The van der Waals surface area contributed by atoms with Gasteiger partial charge in [0.05, 0.1) is 8.66 Å². The second-order valence-electron chi connectivity index (χ2n) is 3.38. The lowest BCUT2D eigenvalue weighted by atomic mass is 10.4. The van der Waals surface area contributed by atoms with Gasteiger partial charge >= 0.3 is 0 Å². The highest BCUT2D eigenvalue weighted by Crippen LogP contribution is 2.24. The molecule has 0 spiro atoms. The number of nitrogens with one attached hydrogen (secondary N) is 1. The summed E-state index contributed by atoms with van der Waals surface area (Å²) in [6.07, 6.45) is 0. The molecule has 2 heterocycles. The first-order valence-corrected chi connectivity index (χ1v) is 8.80. The zero-order chi connectivity index (χ0) is 11.4. The fourth-order valence-electron chi connectivity index (χ4n) is 1.38. The molecule has 1 aromatic heterocycles. The van der Waals surface area contributed by atoms with E-state index in [1.54, 1.807) is 0 Å². The molecular weight excluding hydrogens is 326 g/mol. The minimum atomic E-state index is 0.0480. The Morgan fingerprint density at radius 1 is 1.50 bits per heavy atom. The molecule has 0 radical (unpaired) electrons. The molecule has 0 aliphatic carbocycles. The van der Waals surface area contributed by atoms with Gasteiger partial charge in [-0.25, -0.2) is 0 Å². The third kappa shape index (κ3) is 3.68. The summed E-state index contributed by atoms with van der Waals surface area (Å²) in [6, 6.07) is 3.76. The zero-order valence-electron chi connectivity index (χ0n) is 8.57. The number of carbonyl (C=O) groups is 1. The minimum Gasteiger partial charge on any atom is -0.350 e. The van der Waals surface area contributed by atoms with E-state index in [0.717, 1.165) is 21.0 Å². The molecule has 0 aromatic carbocycles. The van der Waals surface area contributed by atoms with E-state index in [1.807, 2.05) is 35.7 Å². The standard InChI is InChI=1S/C10H12BrNOS3/c11-9-2-1-8(16-9)10(13)12-5-7-6-14-3-4-15-7/h1-2,7H,3-6H2,(H,12,13). The number of amides is 1. The number of thiophene rings is 1. The van der Waals surface area contributed by atoms with E-state index in [4.69, 9.17) is 0 Å².